The molecule has 0 bridgehead atoms. The average Bonchev–Trinajstić information content (AvgIpc) is 2.59. The number of benzene rings is 2. The molecule has 2 aromatic rings. The molecule has 0 saturated heterocycles. The van der Waals surface area contributed by atoms with Gasteiger partial charge in [0.25, 0.3) is 5.91 Å². The van der Waals surface area contributed by atoms with Gasteiger partial charge in [-0.15, -0.1) is 0 Å². The van der Waals surface area contributed by atoms with Gasteiger partial charge in [0.15, 0.2) is 0 Å². The smallest absolute Gasteiger partial charge is 0.251 e. The number of anilines is 1. The lowest BCUT2D eigenvalue weighted by molar-refractivity contribution is -0.115. The molecule has 0 spiro atoms. The number of rotatable bonds is 6. The molecule has 6 heteroatoms. The monoisotopic (exact) mass is 345 g/mol. The minimum absolute atomic E-state index is 0.00773. The van der Waals surface area contributed by atoms with Gasteiger partial charge >= 0.3 is 0 Å². The van der Waals surface area contributed by atoms with Crippen molar-refractivity contribution in [2.45, 2.75) is 13.0 Å². The molecule has 2 amide bonds. The summed E-state index contributed by atoms with van der Waals surface area (Å²) < 4.78 is 0. The molecule has 24 heavy (non-hydrogen) atoms. The van der Waals surface area contributed by atoms with Crippen LogP contribution >= 0.6 is 11.6 Å². The molecule has 5 nitrogen and oxygen atoms in total. The van der Waals surface area contributed by atoms with E-state index in [9.17, 15) is 9.59 Å². The van der Waals surface area contributed by atoms with E-state index in [0.29, 0.717) is 16.3 Å². The van der Waals surface area contributed by atoms with Crippen LogP contribution in [0.3, 0.4) is 0 Å². The van der Waals surface area contributed by atoms with Crippen molar-refractivity contribution in [1.29, 1.82) is 0 Å². The van der Waals surface area contributed by atoms with E-state index in [0.717, 1.165) is 5.56 Å². The molecule has 0 saturated carbocycles. The summed E-state index contributed by atoms with van der Waals surface area (Å²) >= 11 is 5.97. The highest BCUT2D eigenvalue weighted by atomic mass is 35.5. The van der Waals surface area contributed by atoms with E-state index in [-0.39, 0.29) is 24.4 Å². The summed E-state index contributed by atoms with van der Waals surface area (Å²) in [5.41, 5.74) is 2.09. The highest BCUT2D eigenvalue weighted by Gasteiger charge is 2.09. The second kappa shape index (κ2) is 8.47. The van der Waals surface area contributed by atoms with Gasteiger partial charge in [-0.1, -0.05) is 29.8 Å². The van der Waals surface area contributed by atoms with Gasteiger partial charge in [0.1, 0.15) is 0 Å². The van der Waals surface area contributed by atoms with Crippen molar-refractivity contribution < 1.29 is 9.59 Å². The normalized spacial score (nSPS) is 11.6. The zero-order chi connectivity index (χ0) is 17.5. The van der Waals surface area contributed by atoms with Gasteiger partial charge in [-0.25, -0.2) is 0 Å². The van der Waals surface area contributed by atoms with E-state index < -0.39 is 0 Å². The topological polar surface area (TPSA) is 70.2 Å². The maximum atomic E-state index is 12.1. The first-order chi connectivity index (χ1) is 11.5. The molecular formula is C18H20ClN3O2. The fraction of sp³-hybridized carbons (Fsp3) is 0.222. The summed E-state index contributed by atoms with van der Waals surface area (Å²) in [5.74, 6) is -0.378. The first-order valence-corrected chi connectivity index (χ1v) is 7.98. The zero-order valence-corrected chi connectivity index (χ0v) is 14.4. The summed E-state index contributed by atoms with van der Waals surface area (Å²) in [7, 11) is 1.56. The third-order valence-corrected chi connectivity index (χ3v) is 3.79. The van der Waals surface area contributed by atoms with Gasteiger partial charge in [0, 0.05) is 29.4 Å². The quantitative estimate of drug-likeness (QED) is 0.753. The van der Waals surface area contributed by atoms with Crippen LogP contribution in [0.4, 0.5) is 5.69 Å². The summed E-state index contributed by atoms with van der Waals surface area (Å²) in [6, 6.07) is 14.3. The van der Waals surface area contributed by atoms with Gasteiger partial charge in [-0.2, -0.15) is 0 Å². The van der Waals surface area contributed by atoms with E-state index in [4.69, 9.17) is 11.6 Å². The van der Waals surface area contributed by atoms with Gasteiger partial charge in [-0.05, 0) is 42.8 Å². The molecular weight excluding hydrogens is 326 g/mol. The van der Waals surface area contributed by atoms with Crippen LogP contribution in [0.15, 0.2) is 48.5 Å². The maximum Gasteiger partial charge on any atom is 0.251 e. The van der Waals surface area contributed by atoms with Crippen molar-refractivity contribution in [3.8, 4) is 0 Å². The molecule has 0 aliphatic heterocycles. The van der Waals surface area contributed by atoms with E-state index in [1.807, 2.05) is 31.2 Å². The Hall–Kier alpha value is -2.37. The second-order valence-electron chi connectivity index (χ2n) is 5.37. The Morgan fingerprint density at radius 2 is 1.88 bits per heavy atom. The lowest BCUT2D eigenvalue weighted by Gasteiger charge is -2.14. The van der Waals surface area contributed by atoms with Crippen LogP contribution in [0.1, 0.15) is 28.9 Å². The zero-order valence-electron chi connectivity index (χ0n) is 13.6. The van der Waals surface area contributed by atoms with E-state index in [1.54, 1.807) is 31.3 Å². The summed E-state index contributed by atoms with van der Waals surface area (Å²) in [6.07, 6.45) is 0. The number of hydrogen-bond donors (Lipinski definition) is 3. The molecule has 0 heterocycles. The number of carbonyl (C=O) groups is 2. The summed E-state index contributed by atoms with van der Waals surface area (Å²) in [6.45, 7) is 2.11. The van der Waals surface area contributed by atoms with Crippen LogP contribution < -0.4 is 16.0 Å². The van der Waals surface area contributed by atoms with Crippen molar-refractivity contribution in [1.82, 2.24) is 10.6 Å². The highest BCUT2D eigenvalue weighted by Crippen LogP contribution is 2.17. The predicted octanol–water partition coefficient (Wildman–Crippen LogP) is 2.99. The van der Waals surface area contributed by atoms with E-state index in [1.165, 1.54) is 0 Å². The first kappa shape index (κ1) is 18.0. The SMILES string of the molecule is CNC(=O)c1cccc(NC(=O)CN[C@@H](C)c2cccc(Cl)c2)c1. The molecule has 0 radical (unpaired) electrons. The van der Waals surface area contributed by atoms with Crippen LogP contribution in [-0.4, -0.2) is 25.4 Å². The lowest BCUT2D eigenvalue weighted by atomic mass is 10.1. The molecule has 0 aromatic heterocycles. The Morgan fingerprint density at radius 3 is 2.58 bits per heavy atom. The Kier molecular flexibility index (Phi) is 6.35. The van der Waals surface area contributed by atoms with Gasteiger partial charge in [0.2, 0.25) is 5.91 Å². The Morgan fingerprint density at radius 1 is 1.12 bits per heavy atom. The second-order valence-corrected chi connectivity index (χ2v) is 5.80. The number of carbonyl (C=O) groups excluding carboxylic acids is 2. The fourth-order valence-electron chi connectivity index (χ4n) is 2.23. The van der Waals surface area contributed by atoms with Crippen LogP contribution in [0.2, 0.25) is 5.02 Å². The van der Waals surface area contributed by atoms with Gasteiger partial charge < -0.3 is 16.0 Å². The summed E-state index contributed by atoms with van der Waals surface area (Å²) in [4.78, 5) is 23.7. The number of hydrogen-bond acceptors (Lipinski definition) is 3. The number of amides is 2. The van der Waals surface area contributed by atoms with E-state index >= 15 is 0 Å². The highest BCUT2D eigenvalue weighted by molar-refractivity contribution is 6.30. The molecule has 0 aliphatic carbocycles. The van der Waals surface area contributed by atoms with Crippen molar-refractivity contribution in [3.63, 3.8) is 0 Å². The fourth-order valence-corrected chi connectivity index (χ4v) is 2.43. The van der Waals surface area contributed by atoms with Crippen LogP contribution in [0.25, 0.3) is 0 Å². The Bertz CT molecular complexity index is 734. The average molecular weight is 346 g/mol. The molecule has 2 rings (SSSR count). The molecule has 2 aromatic carbocycles. The third kappa shape index (κ3) is 5.08. The van der Waals surface area contributed by atoms with Crippen molar-refractivity contribution in [2.24, 2.45) is 0 Å². The molecule has 126 valence electrons. The number of nitrogens with one attached hydrogen (secondary N) is 3. The third-order valence-electron chi connectivity index (χ3n) is 3.55. The van der Waals surface area contributed by atoms with Crippen LogP contribution in [0.5, 0.6) is 0 Å². The largest absolute Gasteiger partial charge is 0.355 e. The van der Waals surface area contributed by atoms with E-state index in [2.05, 4.69) is 16.0 Å². The van der Waals surface area contributed by atoms with Gasteiger partial charge in [0.05, 0.1) is 6.54 Å². The van der Waals surface area contributed by atoms with Gasteiger partial charge in [-0.3, -0.25) is 9.59 Å². The van der Waals surface area contributed by atoms with Crippen LogP contribution in [-0.2, 0) is 4.79 Å². The molecule has 1 atom stereocenters. The minimum Gasteiger partial charge on any atom is -0.355 e. The van der Waals surface area contributed by atoms with Crippen molar-refractivity contribution in [3.05, 3.63) is 64.7 Å². The molecule has 3 N–H and O–H groups in total. The molecule has 0 unspecified atom stereocenters. The molecule has 0 aliphatic rings. The molecule has 0 fully saturated rings. The summed E-state index contributed by atoms with van der Waals surface area (Å²) in [5, 5.41) is 9.13. The number of halogens is 1. The standard InChI is InChI=1S/C18H20ClN3O2/c1-12(13-5-3-7-15(19)9-13)21-11-17(23)22-16-8-4-6-14(10-16)18(24)20-2/h3-10,12,21H,11H2,1-2H3,(H,20,24)(H,22,23)/t12-/m0/s1. The van der Waals surface area contributed by atoms with Crippen LogP contribution in [0, 0.1) is 0 Å². The lowest BCUT2D eigenvalue weighted by Crippen LogP contribution is -2.30. The maximum absolute atomic E-state index is 12.1. The van der Waals surface area contributed by atoms with Crippen molar-refractivity contribution >= 4 is 29.1 Å². The minimum atomic E-state index is -0.196. The predicted molar refractivity (Wildman–Crippen MR) is 96.3 cm³/mol. The Balaban J connectivity index is 1.90. The van der Waals surface area contributed by atoms with Crippen molar-refractivity contribution in [2.75, 3.05) is 18.9 Å². The Labute approximate surface area is 146 Å². The first-order valence-electron chi connectivity index (χ1n) is 7.60.